The van der Waals surface area contributed by atoms with Gasteiger partial charge in [0.1, 0.15) is 5.57 Å². The van der Waals surface area contributed by atoms with Crippen LogP contribution in [0.1, 0.15) is 52.0 Å². The summed E-state index contributed by atoms with van der Waals surface area (Å²) in [5.41, 5.74) is 6.78. The van der Waals surface area contributed by atoms with Crippen LogP contribution in [0.2, 0.25) is 0 Å². The van der Waals surface area contributed by atoms with Crippen molar-refractivity contribution in [1.82, 2.24) is 5.43 Å². The Morgan fingerprint density at radius 1 is 1.00 bits per heavy atom. The fourth-order valence-corrected chi connectivity index (χ4v) is 3.43. The SMILES string of the molecule is CCCCNN(CCCC)c1ccc(C=C2C(=O)N(c3ccccc3)N=C2OCC)cc1. The number of hydrogen-bond acceptors (Lipinski definition) is 5. The molecule has 6 heteroatoms. The standard InChI is InChI=1S/C26H34N4O2/c1-4-7-18-27-29(19-8-5-2)22-16-14-21(15-17-22)20-24-25(32-6-3)28-30(26(24)31)23-12-10-9-11-13-23/h9-17,20,27H,4-8,18-19H2,1-3H3. The summed E-state index contributed by atoms with van der Waals surface area (Å²) in [4.78, 5) is 13.1. The summed E-state index contributed by atoms with van der Waals surface area (Å²) in [7, 11) is 0. The van der Waals surface area contributed by atoms with Crippen molar-refractivity contribution in [3.63, 3.8) is 0 Å². The second-order valence-electron chi connectivity index (χ2n) is 7.71. The summed E-state index contributed by atoms with van der Waals surface area (Å²) in [5, 5.41) is 8.04. The van der Waals surface area contributed by atoms with Crippen molar-refractivity contribution in [3.05, 3.63) is 65.7 Å². The van der Waals surface area contributed by atoms with Crippen LogP contribution in [-0.2, 0) is 9.53 Å². The Morgan fingerprint density at radius 2 is 1.72 bits per heavy atom. The molecule has 1 aliphatic rings. The molecule has 2 aromatic rings. The van der Waals surface area contributed by atoms with E-state index in [1.807, 2.05) is 55.5 Å². The smallest absolute Gasteiger partial charge is 0.284 e. The number of nitrogens with one attached hydrogen (secondary N) is 1. The van der Waals surface area contributed by atoms with Gasteiger partial charge in [0.05, 0.1) is 18.0 Å². The summed E-state index contributed by atoms with van der Waals surface area (Å²) in [6, 6.07) is 17.7. The first-order valence-electron chi connectivity index (χ1n) is 11.6. The molecule has 0 fully saturated rings. The molecule has 1 N–H and O–H groups in total. The highest BCUT2D eigenvalue weighted by molar-refractivity contribution is 6.30. The Hall–Kier alpha value is -3.12. The number of unbranched alkanes of at least 4 members (excludes halogenated alkanes) is 2. The highest BCUT2D eigenvalue weighted by Crippen LogP contribution is 2.26. The number of carbonyl (C=O) groups is 1. The maximum absolute atomic E-state index is 13.1. The molecule has 0 spiro atoms. The molecule has 2 aromatic carbocycles. The van der Waals surface area contributed by atoms with Gasteiger partial charge in [-0.3, -0.25) is 4.79 Å². The lowest BCUT2D eigenvalue weighted by molar-refractivity contribution is -0.114. The molecule has 0 saturated carbocycles. The van der Waals surface area contributed by atoms with Crippen molar-refractivity contribution in [2.75, 3.05) is 29.7 Å². The van der Waals surface area contributed by atoms with E-state index in [9.17, 15) is 4.79 Å². The minimum Gasteiger partial charge on any atom is -0.476 e. The van der Waals surface area contributed by atoms with Crippen molar-refractivity contribution in [2.45, 2.75) is 46.5 Å². The number of rotatable bonds is 11. The number of benzene rings is 2. The molecule has 0 saturated heterocycles. The van der Waals surface area contributed by atoms with Crippen molar-refractivity contribution in [3.8, 4) is 0 Å². The van der Waals surface area contributed by atoms with E-state index in [0.29, 0.717) is 18.1 Å². The number of nitrogens with zero attached hydrogens (tertiary/aromatic N) is 3. The van der Waals surface area contributed by atoms with Crippen molar-refractivity contribution < 1.29 is 9.53 Å². The van der Waals surface area contributed by atoms with Crippen LogP contribution in [0, 0.1) is 0 Å². The number of ether oxygens (including phenoxy) is 1. The molecule has 170 valence electrons. The van der Waals surface area contributed by atoms with Gasteiger partial charge in [-0.15, -0.1) is 5.10 Å². The van der Waals surface area contributed by atoms with Gasteiger partial charge in [-0.25, -0.2) is 5.43 Å². The molecule has 0 radical (unpaired) electrons. The Labute approximate surface area is 191 Å². The number of para-hydroxylation sites is 1. The van der Waals surface area contributed by atoms with Crippen LogP contribution in [0.15, 0.2) is 65.3 Å². The van der Waals surface area contributed by atoms with Gasteiger partial charge >= 0.3 is 0 Å². The zero-order valence-corrected chi connectivity index (χ0v) is 19.4. The number of amides is 1. The topological polar surface area (TPSA) is 57.2 Å². The Balaban J connectivity index is 1.80. The van der Waals surface area contributed by atoms with E-state index < -0.39 is 0 Å². The predicted molar refractivity (Wildman–Crippen MR) is 133 cm³/mol. The van der Waals surface area contributed by atoms with Gasteiger partial charge in [0, 0.05) is 13.1 Å². The van der Waals surface area contributed by atoms with Crippen LogP contribution in [0.5, 0.6) is 0 Å². The Bertz CT molecular complexity index is 923. The van der Waals surface area contributed by atoms with Gasteiger partial charge in [-0.1, -0.05) is 57.0 Å². The van der Waals surface area contributed by atoms with Crippen LogP contribution >= 0.6 is 0 Å². The highest BCUT2D eigenvalue weighted by atomic mass is 16.5. The van der Waals surface area contributed by atoms with Crippen LogP contribution in [0.4, 0.5) is 11.4 Å². The zero-order valence-electron chi connectivity index (χ0n) is 19.4. The average molecular weight is 435 g/mol. The van der Waals surface area contributed by atoms with E-state index in [-0.39, 0.29) is 5.91 Å². The molecule has 0 aliphatic carbocycles. The molecule has 1 heterocycles. The van der Waals surface area contributed by atoms with Gasteiger partial charge in [0.15, 0.2) is 0 Å². The summed E-state index contributed by atoms with van der Waals surface area (Å²) >= 11 is 0. The third-order valence-corrected chi connectivity index (χ3v) is 5.21. The molecular weight excluding hydrogens is 400 g/mol. The Kier molecular flexibility index (Phi) is 8.87. The predicted octanol–water partition coefficient (Wildman–Crippen LogP) is 5.38. The average Bonchev–Trinajstić information content (AvgIpc) is 3.13. The first-order chi connectivity index (χ1) is 15.7. The minimum absolute atomic E-state index is 0.186. The fourth-order valence-electron chi connectivity index (χ4n) is 3.43. The molecule has 0 unspecified atom stereocenters. The van der Waals surface area contributed by atoms with Crippen molar-refractivity contribution >= 4 is 29.3 Å². The summed E-state index contributed by atoms with van der Waals surface area (Å²) < 4.78 is 5.67. The van der Waals surface area contributed by atoms with Gasteiger partial charge in [0.25, 0.3) is 5.91 Å². The quantitative estimate of drug-likeness (QED) is 0.293. The van der Waals surface area contributed by atoms with Gasteiger partial charge in [-0.05, 0) is 55.7 Å². The fraction of sp³-hybridized carbons (Fsp3) is 0.385. The second-order valence-corrected chi connectivity index (χ2v) is 7.71. The van der Waals surface area contributed by atoms with Crippen LogP contribution in [-0.4, -0.2) is 31.5 Å². The van der Waals surface area contributed by atoms with Crippen LogP contribution < -0.4 is 15.4 Å². The first kappa shape index (κ1) is 23.5. The molecule has 1 aliphatic heterocycles. The lowest BCUT2D eigenvalue weighted by Gasteiger charge is -2.25. The van der Waals surface area contributed by atoms with E-state index in [1.54, 1.807) is 0 Å². The summed E-state index contributed by atoms with van der Waals surface area (Å²) in [6.07, 6.45) is 6.44. The Morgan fingerprint density at radius 3 is 2.38 bits per heavy atom. The lowest BCUT2D eigenvalue weighted by Crippen LogP contribution is -2.39. The van der Waals surface area contributed by atoms with E-state index >= 15 is 0 Å². The number of carbonyl (C=O) groups excluding carboxylic acids is 1. The molecule has 0 atom stereocenters. The number of hydrogen-bond donors (Lipinski definition) is 1. The molecule has 6 nitrogen and oxygen atoms in total. The van der Waals surface area contributed by atoms with E-state index in [4.69, 9.17) is 4.74 Å². The molecule has 3 rings (SSSR count). The maximum Gasteiger partial charge on any atom is 0.284 e. The van der Waals surface area contributed by atoms with Crippen LogP contribution in [0.25, 0.3) is 6.08 Å². The highest BCUT2D eigenvalue weighted by Gasteiger charge is 2.32. The third-order valence-electron chi connectivity index (χ3n) is 5.21. The van der Waals surface area contributed by atoms with Crippen molar-refractivity contribution in [2.24, 2.45) is 5.10 Å². The molecule has 0 aromatic heterocycles. The molecule has 0 bridgehead atoms. The minimum atomic E-state index is -0.186. The van der Waals surface area contributed by atoms with Crippen LogP contribution in [0.3, 0.4) is 0 Å². The summed E-state index contributed by atoms with van der Waals surface area (Å²) in [6.45, 7) is 8.66. The lowest BCUT2D eigenvalue weighted by atomic mass is 10.1. The van der Waals surface area contributed by atoms with E-state index in [2.05, 4.69) is 41.5 Å². The van der Waals surface area contributed by atoms with Crippen molar-refractivity contribution in [1.29, 1.82) is 0 Å². The molecule has 1 amide bonds. The summed E-state index contributed by atoms with van der Waals surface area (Å²) in [5.74, 6) is 0.172. The number of hydrazine groups is 1. The van der Waals surface area contributed by atoms with E-state index in [0.717, 1.165) is 49.3 Å². The largest absolute Gasteiger partial charge is 0.476 e. The number of hydrazone groups is 1. The maximum atomic E-state index is 13.1. The van der Waals surface area contributed by atoms with E-state index in [1.165, 1.54) is 11.4 Å². The molecule has 32 heavy (non-hydrogen) atoms. The third kappa shape index (κ3) is 5.98. The monoisotopic (exact) mass is 434 g/mol. The molecular formula is C26H34N4O2. The van der Waals surface area contributed by atoms with Gasteiger partial charge < -0.3 is 9.75 Å². The zero-order chi connectivity index (χ0) is 22.8. The first-order valence-corrected chi connectivity index (χ1v) is 11.6. The number of anilines is 2. The normalized spacial score (nSPS) is 14.7. The van der Waals surface area contributed by atoms with Gasteiger partial charge in [-0.2, -0.15) is 5.01 Å². The van der Waals surface area contributed by atoms with Gasteiger partial charge in [0.2, 0.25) is 5.90 Å². The second kappa shape index (κ2) is 12.1.